The van der Waals surface area contributed by atoms with Gasteiger partial charge < -0.3 is 10.6 Å². The zero-order chi connectivity index (χ0) is 11.5. The molecule has 2 nitrogen and oxygen atoms in total. The van der Waals surface area contributed by atoms with Gasteiger partial charge in [0, 0.05) is 29.8 Å². The zero-order valence-corrected chi connectivity index (χ0v) is 11.1. The lowest BCUT2D eigenvalue weighted by Crippen LogP contribution is -2.28. The van der Waals surface area contributed by atoms with Gasteiger partial charge in [0.25, 0.3) is 0 Å². The van der Waals surface area contributed by atoms with E-state index in [1.807, 2.05) is 0 Å². The number of halogens is 1. The van der Waals surface area contributed by atoms with Crippen LogP contribution in [0.5, 0.6) is 0 Å². The first kappa shape index (κ1) is 11.7. The average Bonchev–Trinajstić information content (AvgIpc) is 2.30. The molecule has 1 heterocycles. The molecule has 0 aliphatic carbocycles. The number of rotatable bonds is 2. The van der Waals surface area contributed by atoms with Gasteiger partial charge in [-0.3, -0.25) is 0 Å². The van der Waals surface area contributed by atoms with E-state index >= 15 is 0 Å². The largest absolute Gasteiger partial charge is 0.367 e. The molecule has 0 saturated carbocycles. The van der Waals surface area contributed by atoms with Crippen molar-refractivity contribution in [3.8, 4) is 0 Å². The molecule has 2 rings (SSSR count). The maximum atomic E-state index is 5.64. The lowest BCUT2D eigenvalue weighted by molar-refractivity contribution is 0.787. The van der Waals surface area contributed by atoms with Crippen LogP contribution in [-0.2, 0) is 6.54 Å². The van der Waals surface area contributed by atoms with Gasteiger partial charge in [-0.2, -0.15) is 0 Å². The van der Waals surface area contributed by atoms with E-state index < -0.39 is 0 Å². The average molecular weight is 281 g/mol. The topological polar surface area (TPSA) is 29.3 Å². The highest BCUT2D eigenvalue weighted by Crippen LogP contribution is 2.25. The van der Waals surface area contributed by atoms with Crippen molar-refractivity contribution in [2.24, 2.45) is 5.73 Å². The lowest BCUT2D eigenvalue weighted by atomic mass is 10.1. The number of hydrogen-bond donors (Lipinski definition) is 1. The van der Waals surface area contributed by atoms with E-state index in [9.17, 15) is 0 Å². The highest BCUT2D eigenvalue weighted by atomic mass is 79.9. The van der Waals surface area contributed by atoms with Crippen LogP contribution in [0, 0.1) is 0 Å². The fraction of sp³-hybridized carbons (Fsp3) is 0.385. The summed E-state index contributed by atoms with van der Waals surface area (Å²) in [5.41, 5.74) is 9.57. The molecule has 0 unspecified atom stereocenters. The van der Waals surface area contributed by atoms with Crippen molar-refractivity contribution in [1.29, 1.82) is 0 Å². The molecule has 1 aliphatic rings. The first-order valence-corrected chi connectivity index (χ1v) is 6.39. The summed E-state index contributed by atoms with van der Waals surface area (Å²) >= 11 is 3.56. The predicted octanol–water partition coefficient (Wildman–Crippen LogP) is 3.06. The predicted molar refractivity (Wildman–Crippen MR) is 72.6 cm³/mol. The molecule has 0 aromatic heterocycles. The molecule has 0 amide bonds. The number of anilines is 1. The van der Waals surface area contributed by atoms with Crippen molar-refractivity contribution in [3.05, 3.63) is 39.9 Å². The minimum absolute atomic E-state index is 0.583. The maximum Gasteiger partial charge on any atom is 0.0380 e. The van der Waals surface area contributed by atoms with Gasteiger partial charge in [0.05, 0.1) is 0 Å². The molecule has 0 spiro atoms. The molecule has 86 valence electrons. The highest BCUT2D eigenvalue weighted by molar-refractivity contribution is 9.10. The van der Waals surface area contributed by atoms with Crippen LogP contribution in [0.15, 0.2) is 34.3 Å². The van der Waals surface area contributed by atoms with Gasteiger partial charge in [0.1, 0.15) is 0 Å². The molecule has 0 saturated heterocycles. The van der Waals surface area contributed by atoms with Gasteiger partial charge >= 0.3 is 0 Å². The molecule has 1 aliphatic heterocycles. The van der Waals surface area contributed by atoms with E-state index in [1.54, 1.807) is 0 Å². The summed E-state index contributed by atoms with van der Waals surface area (Å²) in [6.45, 7) is 4.90. The maximum absolute atomic E-state index is 5.64. The van der Waals surface area contributed by atoms with E-state index in [0.717, 1.165) is 29.5 Å². The fourth-order valence-corrected chi connectivity index (χ4v) is 2.43. The van der Waals surface area contributed by atoms with Crippen molar-refractivity contribution >= 4 is 21.6 Å². The van der Waals surface area contributed by atoms with Crippen LogP contribution < -0.4 is 10.6 Å². The Morgan fingerprint density at radius 1 is 1.44 bits per heavy atom. The second kappa shape index (κ2) is 5.02. The van der Waals surface area contributed by atoms with Crippen molar-refractivity contribution in [1.82, 2.24) is 0 Å². The Morgan fingerprint density at radius 2 is 2.25 bits per heavy atom. The molecular formula is C13H17BrN2. The minimum Gasteiger partial charge on any atom is -0.367 e. The summed E-state index contributed by atoms with van der Waals surface area (Å²) in [4.78, 5) is 2.39. The molecule has 2 N–H and O–H groups in total. The van der Waals surface area contributed by atoms with Crippen LogP contribution in [0.1, 0.15) is 18.9 Å². The van der Waals surface area contributed by atoms with E-state index in [0.29, 0.717) is 6.54 Å². The summed E-state index contributed by atoms with van der Waals surface area (Å²) in [7, 11) is 0. The Bertz CT molecular complexity index is 412. The van der Waals surface area contributed by atoms with E-state index in [2.05, 4.69) is 52.0 Å². The van der Waals surface area contributed by atoms with Crippen LogP contribution in [0.3, 0.4) is 0 Å². The summed E-state index contributed by atoms with van der Waals surface area (Å²) in [5, 5.41) is 0. The Kier molecular flexibility index (Phi) is 3.66. The van der Waals surface area contributed by atoms with Gasteiger partial charge in [-0.25, -0.2) is 0 Å². The molecule has 1 aromatic rings. The molecular weight excluding hydrogens is 264 g/mol. The molecule has 3 heteroatoms. The molecule has 16 heavy (non-hydrogen) atoms. The van der Waals surface area contributed by atoms with Crippen LogP contribution in [0.2, 0.25) is 0 Å². The molecule has 0 fully saturated rings. The second-order valence-electron chi connectivity index (χ2n) is 4.23. The SMILES string of the molecule is CC1=CCN(c2ccc(CN)c(Br)c2)CC1. The number of benzene rings is 1. The van der Waals surface area contributed by atoms with Crippen LogP contribution >= 0.6 is 15.9 Å². The quantitative estimate of drug-likeness (QED) is 0.844. The van der Waals surface area contributed by atoms with Gasteiger partial charge in [-0.15, -0.1) is 0 Å². The lowest BCUT2D eigenvalue weighted by Gasteiger charge is -2.28. The van der Waals surface area contributed by atoms with Crippen molar-refractivity contribution < 1.29 is 0 Å². The van der Waals surface area contributed by atoms with Crippen LogP contribution in [-0.4, -0.2) is 13.1 Å². The normalized spacial score (nSPS) is 16.2. The Hall–Kier alpha value is -0.800. The van der Waals surface area contributed by atoms with E-state index in [1.165, 1.54) is 11.3 Å². The number of nitrogens with zero attached hydrogens (tertiary/aromatic N) is 1. The fourth-order valence-electron chi connectivity index (χ4n) is 1.90. The van der Waals surface area contributed by atoms with E-state index in [-0.39, 0.29) is 0 Å². The third-order valence-corrected chi connectivity index (χ3v) is 3.80. The molecule has 0 atom stereocenters. The zero-order valence-electron chi connectivity index (χ0n) is 9.54. The summed E-state index contributed by atoms with van der Waals surface area (Å²) in [6, 6.07) is 6.42. The van der Waals surface area contributed by atoms with Crippen molar-refractivity contribution in [2.45, 2.75) is 19.9 Å². The summed E-state index contributed by atoms with van der Waals surface area (Å²) in [6.07, 6.45) is 3.46. The van der Waals surface area contributed by atoms with Crippen LogP contribution in [0.4, 0.5) is 5.69 Å². The first-order chi connectivity index (χ1) is 7.70. The second-order valence-corrected chi connectivity index (χ2v) is 5.08. The molecule has 1 aromatic carbocycles. The van der Waals surface area contributed by atoms with Gasteiger partial charge in [-0.1, -0.05) is 33.6 Å². The van der Waals surface area contributed by atoms with Crippen molar-refractivity contribution in [3.63, 3.8) is 0 Å². The van der Waals surface area contributed by atoms with Gasteiger partial charge in [0.15, 0.2) is 0 Å². The Labute approximate surface area is 105 Å². The summed E-state index contributed by atoms with van der Waals surface area (Å²) < 4.78 is 1.11. The first-order valence-electron chi connectivity index (χ1n) is 5.60. The Balaban J connectivity index is 2.19. The molecule has 0 bridgehead atoms. The van der Waals surface area contributed by atoms with Crippen molar-refractivity contribution in [2.75, 3.05) is 18.0 Å². The van der Waals surface area contributed by atoms with Gasteiger partial charge in [0.2, 0.25) is 0 Å². The summed E-state index contributed by atoms with van der Waals surface area (Å²) in [5.74, 6) is 0. The Morgan fingerprint density at radius 3 is 2.81 bits per heavy atom. The minimum atomic E-state index is 0.583. The molecule has 0 radical (unpaired) electrons. The number of nitrogens with two attached hydrogens (primary N) is 1. The monoisotopic (exact) mass is 280 g/mol. The highest BCUT2D eigenvalue weighted by Gasteiger charge is 2.11. The van der Waals surface area contributed by atoms with E-state index in [4.69, 9.17) is 5.73 Å². The third-order valence-electron chi connectivity index (χ3n) is 3.06. The third kappa shape index (κ3) is 2.47. The number of hydrogen-bond acceptors (Lipinski definition) is 2. The van der Waals surface area contributed by atoms with Gasteiger partial charge in [-0.05, 0) is 31.0 Å². The smallest absolute Gasteiger partial charge is 0.0380 e. The van der Waals surface area contributed by atoms with Crippen LogP contribution in [0.25, 0.3) is 0 Å². The standard InChI is InChI=1S/C13H17BrN2/c1-10-4-6-16(7-5-10)12-3-2-11(9-15)13(14)8-12/h2-4,8H,5-7,9,15H2,1H3.